The Bertz CT molecular complexity index is 2100. The van der Waals surface area contributed by atoms with Gasteiger partial charge in [-0.3, -0.25) is 24.3 Å². The van der Waals surface area contributed by atoms with Crippen LogP contribution in [0.1, 0.15) is 80.1 Å². The highest BCUT2D eigenvalue weighted by Crippen LogP contribution is 2.72. The lowest BCUT2D eigenvalue weighted by Gasteiger charge is -2.36. The molecule has 6 rings (SSSR count). The molecule has 3 fully saturated rings. The summed E-state index contributed by atoms with van der Waals surface area (Å²) in [6.07, 6.45) is 5.21. The number of nitrogens with one attached hydrogen (secondary N) is 4. The second kappa shape index (κ2) is 17.7. The van der Waals surface area contributed by atoms with Crippen LogP contribution in [0.15, 0.2) is 43.1 Å². The molecule has 3 aliphatic rings. The van der Waals surface area contributed by atoms with Crippen LogP contribution < -0.4 is 25.4 Å². The number of imidazole rings is 1. The van der Waals surface area contributed by atoms with Gasteiger partial charge in [0.25, 0.3) is 0 Å². The summed E-state index contributed by atoms with van der Waals surface area (Å²) in [5.74, 6) is -0.608. The largest absolute Gasteiger partial charge is 0.497 e. The van der Waals surface area contributed by atoms with E-state index in [9.17, 15) is 23.7 Å². The highest BCUT2D eigenvalue weighted by atomic mass is 31.2. The molecular weight excluding hydrogens is 781 g/mol. The number of benzene rings is 1. The quantitative estimate of drug-likeness (QED) is 0.0924. The van der Waals surface area contributed by atoms with Crippen molar-refractivity contribution < 1.29 is 47.0 Å². The summed E-state index contributed by atoms with van der Waals surface area (Å²) in [4.78, 5) is 68.0. The van der Waals surface area contributed by atoms with Crippen molar-refractivity contribution in [3.63, 3.8) is 0 Å². The minimum atomic E-state index is -3.91. The van der Waals surface area contributed by atoms with Crippen LogP contribution in [0.3, 0.4) is 0 Å². The molecule has 3 aromatic rings. The number of carbonyl (C=O) groups is 4. The number of carbonyl (C=O) groups excluding carboxylic acids is 4. The van der Waals surface area contributed by atoms with Gasteiger partial charge in [-0.05, 0) is 63.5 Å². The average Bonchev–Trinajstić information content (AvgIpc) is 3.58. The summed E-state index contributed by atoms with van der Waals surface area (Å²) in [5.41, 5.74) is 0.662. The third-order valence-corrected chi connectivity index (χ3v) is 13.7. The standard InChI is InChI=1S/C41H56N7O10P/c1-9-25-21-41(25,59(53,55-10-2)56-11-3)47-36(50)33-19-28(23-48(33)37(51)35(40(5,6)7)46-39(52)58-26-14-12-13-15-26)57-34-20-31(32-22-42-38(45-32)43-24(4)49)44-30-18-27(54-8)16-17-29(30)34/h9,16-18,20,22,25-26,28,33,35H,1,10-15,19,21,23H2,2-8H3,(H,46,52)(H,47,50)(H2,42,43,45,49)/t25-,28-,33+,35-,41+/m1/s1. The molecule has 18 heteroatoms. The van der Waals surface area contributed by atoms with Crippen molar-refractivity contribution in [3.8, 4) is 22.9 Å². The first-order valence-corrected chi connectivity index (χ1v) is 21.7. The van der Waals surface area contributed by atoms with Crippen LogP contribution in [-0.2, 0) is 32.7 Å². The Hall–Kier alpha value is -4.99. The van der Waals surface area contributed by atoms with E-state index in [1.807, 2.05) is 20.8 Å². The molecule has 0 radical (unpaired) electrons. The topological polar surface area (TPSA) is 212 Å². The maximum atomic E-state index is 14.8. The maximum absolute atomic E-state index is 14.8. The zero-order valence-electron chi connectivity index (χ0n) is 34.8. The van der Waals surface area contributed by atoms with Gasteiger partial charge in [0, 0.05) is 36.8 Å². The molecule has 2 aromatic heterocycles. The molecule has 0 unspecified atom stereocenters. The van der Waals surface area contributed by atoms with E-state index < -0.39 is 60.3 Å². The third-order valence-electron chi connectivity index (χ3n) is 10.9. The summed E-state index contributed by atoms with van der Waals surface area (Å²) in [6.45, 7) is 14.3. The van der Waals surface area contributed by atoms with E-state index in [0.29, 0.717) is 33.8 Å². The molecule has 59 heavy (non-hydrogen) atoms. The van der Waals surface area contributed by atoms with Crippen LogP contribution >= 0.6 is 7.60 Å². The molecule has 320 valence electrons. The molecule has 4 N–H and O–H groups in total. The average molecular weight is 838 g/mol. The molecule has 4 amide bonds. The molecule has 17 nitrogen and oxygen atoms in total. The number of aromatic amines is 1. The lowest BCUT2D eigenvalue weighted by atomic mass is 9.85. The van der Waals surface area contributed by atoms with Crippen LogP contribution in [0.4, 0.5) is 10.7 Å². The van der Waals surface area contributed by atoms with Gasteiger partial charge in [-0.2, -0.15) is 0 Å². The van der Waals surface area contributed by atoms with E-state index in [4.69, 9.17) is 28.2 Å². The monoisotopic (exact) mass is 837 g/mol. The number of H-pyrrole nitrogens is 1. The molecule has 1 aliphatic heterocycles. The van der Waals surface area contributed by atoms with Crippen molar-refractivity contribution in [2.45, 2.75) is 110 Å². The summed E-state index contributed by atoms with van der Waals surface area (Å²) < 4.78 is 43.7. The molecule has 2 aliphatic carbocycles. The van der Waals surface area contributed by atoms with E-state index in [1.165, 1.54) is 18.0 Å². The van der Waals surface area contributed by atoms with Gasteiger partial charge in [-0.15, -0.1) is 6.58 Å². The summed E-state index contributed by atoms with van der Waals surface area (Å²) in [5, 5.41) is 7.68. The molecule has 1 aromatic carbocycles. The molecular formula is C41H56N7O10P. The Labute approximate surface area is 344 Å². The molecule has 5 atom stereocenters. The summed E-state index contributed by atoms with van der Waals surface area (Å²) in [6, 6.07) is 4.84. The van der Waals surface area contributed by atoms with Crippen LogP contribution in [0.2, 0.25) is 0 Å². The van der Waals surface area contributed by atoms with Crippen LogP contribution in [0, 0.1) is 11.3 Å². The van der Waals surface area contributed by atoms with Crippen molar-refractivity contribution >= 4 is 48.3 Å². The third kappa shape index (κ3) is 9.42. The predicted octanol–water partition coefficient (Wildman–Crippen LogP) is 6.31. The fourth-order valence-corrected chi connectivity index (χ4v) is 10.3. The minimum absolute atomic E-state index is 0.0371. The van der Waals surface area contributed by atoms with Crippen molar-refractivity contribution in [1.82, 2.24) is 30.5 Å². The molecule has 2 saturated carbocycles. The highest BCUT2D eigenvalue weighted by Gasteiger charge is 2.68. The van der Waals surface area contributed by atoms with Gasteiger partial charge in [0.05, 0.1) is 50.0 Å². The maximum Gasteiger partial charge on any atom is 0.408 e. The van der Waals surface area contributed by atoms with Gasteiger partial charge in [-0.1, -0.05) is 26.8 Å². The minimum Gasteiger partial charge on any atom is -0.497 e. The van der Waals surface area contributed by atoms with Gasteiger partial charge in [-0.25, -0.2) is 14.8 Å². The first kappa shape index (κ1) is 43.6. The lowest BCUT2D eigenvalue weighted by Crippen LogP contribution is -2.58. The number of anilines is 1. The molecule has 0 spiro atoms. The highest BCUT2D eigenvalue weighted by molar-refractivity contribution is 7.56. The van der Waals surface area contributed by atoms with E-state index in [1.54, 1.807) is 51.3 Å². The fraction of sp³-hybridized carbons (Fsp3) is 0.561. The van der Waals surface area contributed by atoms with Gasteiger partial charge in [0.2, 0.25) is 23.7 Å². The second-order valence-electron chi connectivity index (χ2n) is 16.2. The van der Waals surface area contributed by atoms with Crippen LogP contribution in [0.5, 0.6) is 11.5 Å². The van der Waals surface area contributed by atoms with E-state index in [-0.39, 0.29) is 50.6 Å². The Morgan fingerprint density at radius 3 is 2.42 bits per heavy atom. The van der Waals surface area contributed by atoms with Gasteiger partial charge in [0.15, 0.2) is 0 Å². The first-order chi connectivity index (χ1) is 28.0. The normalized spacial score (nSPS) is 22.4. The van der Waals surface area contributed by atoms with Crippen LogP contribution in [0.25, 0.3) is 22.3 Å². The summed E-state index contributed by atoms with van der Waals surface area (Å²) in [7, 11) is -2.36. The molecule has 0 bridgehead atoms. The van der Waals surface area contributed by atoms with Crippen LogP contribution in [-0.4, -0.2) is 100 Å². The number of amides is 4. The first-order valence-electron chi connectivity index (χ1n) is 20.1. The number of likely N-dealkylation sites (tertiary alicyclic amines) is 1. The number of hydrogen-bond donors (Lipinski definition) is 4. The number of rotatable bonds is 16. The van der Waals surface area contributed by atoms with Crippen molar-refractivity contribution in [3.05, 3.63) is 43.1 Å². The molecule has 3 heterocycles. The van der Waals surface area contributed by atoms with Crippen molar-refractivity contribution in [1.29, 1.82) is 0 Å². The summed E-state index contributed by atoms with van der Waals surface area (Å²) >= 11 is 0. The second-order valence-corrected chi connectivity index (χ2v) is 18.6. The molecule has 1 saturated heterocycles. The number of methoxy groups -OCH3 is 1. The van der Waals surface area contributed by atoms with Gasteiger partial charge >= 0.3 is 13.7 Å². The number of nitrogens with zero attached hydrogens (tertiary/aromatic N) is 3. The number of alkyl carbamates (subject to hydrolysis) is 1. The van der Waals surface area contributed by atoms with Crippen molar-refractivity contribution in [2.24, 2.45) is 11.3 Å². The Kier molecular flexibility index (Phi) is 13.1. The zero-order chi connectivity index (χ0) is 42.7. The fourth-order valence-electron chi connectivity index (χ4n) is 7.88. The van der Waals surface area contributed by atoms with E-state index in [0.717, 1.165) is 25.7 Å². The smallest absolute Gasteiger partial charge is 0.408 e. The van der Waals surface area contributed by atoms with E-state index in [2.05, 4.69) is 32.5 Å². The number of hydrogen-bond acceptors (Lipinski definition) is 12. The van der Waals surface area contributed by atoms with Gasteiger partial charge in [0.1, 0.15) is 41.1 Å². The number of pyridine rings is 1. The lowest BCUT2D eigenvalue weighted by molar-refractivity contribution is -0.142. The number of ether oxygens (including phenoxy) is 3. The Morgan fingerprint density at radius 2 is 1.81 bits per heavy atom. The zero-order valence-corrected chi connectivity index (χ0v) is 35.7. The van der Waals surface area contributed by atoms with Crippen molar-refractivity contribution in [2.75, 3.05) is 32.2 Å². The number of fused-ring (bicyclic) bond motifs is 1. The Morgan fingerprint density at radius 1 is 1.10 bits per heavy atom. The number of aromatic nitrogens is 3. The van der Waals surface area contributed by atoms with Gasteiger partial charge < -0.3 is 43.8 Å². The Balaban J connectivity index is 1.36. The SMILES string of the molecule is C=C[C@@H]1C[C@]1(NC(=O)[C@@H]1C[C@@H](Oc2cc(-c3cnc(NC(C)=O)[nH]3)nc3cc(OC)ccc23)CN1C(=O)[C@@H](NC(=O)OC1CCCC1)C(C)(C)C)P(=O)(OCC)OCC. The predicted molar refractivity (Wildman–Crippen MR) is 220 cm³/mol. The van der Waals surface area contributed by atoms with E-state index >= 15 is 0 Å².